The van der Waals surface area contributed by atoms with Gasteiger partial charge in [-0.25, -0.2) is 4.98 Å². The van der Waals surface area contributed by atoms with E-state index in [4.69, 9.17) is 4.74 Å². The van der Waals surface area contributed by atoms with Crippen molar-refractivity contribution in [3.05, 3.63) is 99.7 Å². The second kappa shape index (κ2) is 8.31. The Balaban J connectivity index is 1.93. The number of nitro groups is 1. The number of benzene rings is 2. The van der Waals surface area contributed by atoms with Gasteiger partial charge >= 0.3 is 5.91 Å². The van der Waals surface area contributed by atoms with Crippen LogP contribution in [-0.2, 0) is 9.59 Å². The van der Waals surface area contributed by atoms with E-state index in [1.165, 1.54) is 48.5 Å². The maximum atomic E-state index is 13.0. The van der Waals surface area contributed by atoms with E-state index in [9.17, 15) is 24.8 Å². The SMILES string of the molecule is COc1cccc(/C(O)=C2\C(=O)C(=O)N(c3ccccn3)[C@@H]2c2ccc([N+](=O)[O-])cc2)c1. The summed E-state index contributed by atoms with van der Waals surface area (Å²) in [6, 6.07) is 15.8. The van der Waals surface area contributed by atoms with Crippen LogP contribution >= 0.6 is 0 Å². The molecule has 2 aromatic carbocycles. The van der Waals surface area contributed by atoms with E-state index in [-0.39, 0.29) is 28.4 Å². The number of carbonyl (C=O) groups is 2. The van der Waals surface area contributed by atoms with Crippen LogP contribution in [0.2, 0.25) is 0 Å². The van der Waals surface area contributed by atoms with E-state index < -0.39 is 22.7 Å². The molecule has 9 heteroatoms. The highest BCUT2D eigenvalue weighted by Crippen LogP contribution is 2.42. The Morgan fingerprint density at radius 3 is 2.47 bits per heavy atom. The van der Waals surface area contributed by atoms with Crippen molar-refractivity contribution in [1.82, 2.24) is 4.98 Å². The second-order valence-corrected chi connectivity index (χ2v) is 6.94. The van der Waals surface area contributed by atoms with E-state index in [1.807, 2.05) is 0 Å². The molecule has 1 N–H and O–H groups in total. The van der Waals surface area contributed by atoms with Gasteiger partial charge in [-0.15, -0.1) is 0 Å². The van der Waals surface area contributed by atoms with Gasteiger partial charge in [0.15, 0.2) is 0 Å². The van der Waals surface area contributed by atoms with Gasteiger partial charge in [0.05, 0.1) is 23.6 Å². The molecule has 1 aliphatic heterocycles. The van der Waals surface area contributed by atoms with E-state index in [1.54, 1.807) is 36.4 Å². The molecular formula is C23H17N3O6. The number of pyridine rings is 1. The number of nitro benzene ring substituents is 1. The van der Waals surface area contributed by atoms with Gasteiger partial charge in [0.1, 0.15) is 17.3 Å². The van der Waals surface area contributed by atoms with Crippen LogP contribution in [0.5, 0.6) is 5.75 Å². The number of non-ortho nitro benzene ring substituents is 1. The van der Waals surface area contributed by atoms with Gasteiger partial charge < -0.3 is 9.84 Å². The summed E-state index contributed by atoms with van der Waals surface area (Å²) in [7, 11) is 1.47. The summed E-state index contributed by atoms with van der Waals surface area (Å²) in [6.45, 7) is 0. The van der Waals surface area contributed by atoms with Gasteiger partial charge in [0.2, 0.25) is 0 Å². The number of anilines is 1. The third-order valence-corrected chi connectivity index (χ3v) is 5.10. The first-order valence-electron chi connectivity index (χ1n) is 9.53. The minimum absolute atomic E-state index is 0.142. The van der Waals surface area contributed by atoms with Crippen molar-refractivity contribution in [2.24, 2.45) is 0 Å². The molecule has 1 atom stereocenters. The summed E-state index contributed by atoms with van der Waals surface area (Å²) in [5, 5.41) is 22.1. The Bertz CT molecular complexity index is 1240. The Kier molecular flexibility index (Phi) is 5.38. The zero-order valence-corrected chi connectivity index (χ0v) is 16.8. The highest BCUT2D eigenvalue weighted by molar-refractivity contribution is 6.51. The lowest BCUT2D eigenvalue weighted by molar-refractivity contribution is -0.384. The molecule has 1 saturated heterocycles. The van der Waals surface area contributed by atoms with Crippen molar-refractivity contribution in [3.63, 3.8) is 0 Å². The Morgan fingerprint density at radius 1 is 1.09 bits per heavy atom. The average molecular weight is 431 g/mol. The molecule has 9 nitrogen and oxygen atoms in total. The molecule has 1 aromatic heterocycles. The first kappa shape index (κ1) is 20.7. The number of Topliss-reactive ketones (excluding diaryl/α,β-unsaturated/α-hetero) is 1. The molecule has 0 aliphatic carbocycles. The number of amides is 1. The summed E-state index contributed by atoms with van der Waals surface area (Å²) in [4.78, 5) is 41.9. The number of aliphatic hydroxyl groups excluding tert-OH is 1. The van der Waals surface area contributed by atoms with Crippen LogP contribution in [-0.4, -0.2) is 33.8 Å². The van der Waals surface area contributed by atoms with Crippen LogP contribution in [0.1, 0.15) is 17.2 Å². The number of ether oxygens (including phenoxy) is 1. The van der Waals surface area contributed by atoms with E-state index in [0.717, 1.165) is 0 Å². The van der Waals surface area contributed by atoms with Crippen molar-refractivity contribution >= 4 is 29.0 Å². The molecule has 1 aliphatic rings. The monoisotopic (exact) mass is 431 g/mol. The minimum Gasteiger partial charge on any atom is -0.507 e. The smallest absolute Gasteiger partial charge is 0.301 e. The zero-order valence-electron chi connectivity index (χ0n) is 16.8. The first-order valence-corrected chi connectivity index (χ1v) is 9.53. The standard InChI is InChI=1S/C23H17N3O6/c1-32-17-6-4-5-15(13-17)21(27)19-20(14-8-10-16(11-9-14)26(30)31)25(23(29)22(19)28)18-7-2-3-12-24-18/h2-13,20,27H,1H3/b21-19+/t20-/m1/s1. The predicted octanol–water partition coefficient (Wildman–Crippen LogP) is 3.62. The van der Waals surface area contributed by atoms with Gasteiger partial charge in [-0.2, -0.15) is 0 Å². The summed E-state index contributed by atoms with van der Waals surface area (Å²) in [5.41, 5.74) is 0.402. The summed E-state index contributed by atoms with van der Waals surface area (Å²) in [6.07, 6.45) is 1.48. The molecule has 4 rings (SSSR count). The molecule has 1 fully saturated rings. The summed E-state index contributed by atoms with van der Waals surface area (Å²) >= 11 is 0. The Labute approximate surface area is 182 Å². The fraction of sp³-hybridized carbons (Fsp3) is 0.0870. The average Bonchev–Trinajstić information content (AvgIpc) is 3.09. The van der Waals surface area contributed by atoms with Crippen molar-refractivity contribution < 1.29 is 24.4 Å². The topological polar surface area (TPSA) is 123 Å². The van der Waals surface area contributed by atoms with E-state index in [2.05, 4.69) is 4.98 Å². The van der Waals surface area contributed by atoms with Gasteiger partial charge in [0.25, 0.3) is 11.5 Å². The highest BCUT2D eigenvalue weighted by Gasteiger charge is 2.47. The molecule has 0 unspecified atom stereocenters. The predicted molar refractivity (Wildman–Crippen MR) is 115 cm³/mol. The molecule has 0 spiro atoms. The van der Waals surface area contributed by atoms with E-state index in [0.29, 0.717) is 11.3 Å². The number of nitrogens with zero attached hydrogens (tertiary/aromatic N) is 3. The number of hydrogen-bond donors (Lipinski definition) is 1. The molecule has 160 valence electrons. The zero-order chi connectivity index (χ0) is 22.8. The van der Waals surface area contributed by atoms with Crippen LogP contribution in [0.3, 0.4) is 0 Å². The van der Waals surface area contributed by atoms with Crippen LogP contribution in [0.15, 0.2) is 78.5 Å². The number of methoxy groups -OCH3 is 1. The highest BCUT2D eigenvalue weighted by atomic mass is 16.6. The minimum atomic E-state index is -1.03. The normalized spacial score (nSPS) is 17.4. The number of rotatable bonds is 5. The second-order valence-electron chi connectivity index (χ2n) is 6.94. The quantitative estimate of drug-likeness (QED) is 0.215. The lowest BCUT2D eigenvalue weighted by atomic mass is 9.95. The molecule has 0 bridgehead atoms. The Morgan fingerprint density at radius 2 is 1.84 bits per heavy atom. The first-order chi connectivity index (χ1) is 15.4. The lowest BCUT2D eigenvalue weighted by Crippen LogP contribution is -2.30. The van der Waals surface area contributed by atoms with Gasteiger partial charge in [-0.05, 0) is 42.0 Å². The molecule has 0 radical (unpaired) electrons. The molecular weight excluding hydrogens is 414 g/mol. The number of aromatic nitrogens is 1. The van der Waals surface area contributed by atoms with Gasteiger partial charge in [-0.3, -0.25) is 24.6 Å². The summed E-state index contributed by atoms with van der Waals surface area (Å²) in [5.74, 6) is -1.47. The summed E-state index contributed by atoms with van der Waals surface area (Å²) < 4.78 is 5.18. The maximum absolute atomic E-state index is 13.0. The van der Waals surface area contributed by atoms with Gasteiger partial charge in [-0.1, -0.05) is 18.2 Å². The van der Waals surface area contributed by atoms with Crippen LogP contribution in [0, 0.1) is 10.1 Å². The van der Waals surface area contributed by atoms with Crippen molar-refractivity contribution in [2.75, 3.05) is 12.0 Å². The fourth-order valence-electron chi connectivity index (χ4n) is 3.58. The number of aliphatic hydroxyl groups is 1. The molecule has 32 heavy (non-hydrogen) atoms. The molecule has 2 heterocycles. The van der Waals surface area contributed by atoms with E-state index >= 15 is 0 Å². The third kappa shape index (κ3) is 3.56. The molecule has 3 aromatic rings. The van der Waals surface area contributed by atoms with Crippen molar-refractivity contribution in [2.45, 2.75) is 6.04 Å². The number of ketones is 1. The third-order valence-electron chi connectivity index (χ3n) is 5.10. The van der Waals surface area contributed by atoms with Crippen LogP contribution < -0.4 is 9.64 Å². The number of carbonyl (C=O) groups excluding carboxylic acids is 2. The molecule has 0 saturated carbocycles. The number of hydrogen-bond acceptors (Lipinski definition) is 7. The van der Waals surface area contributed by atoms with Crippen LogP contribution in [0.25, 0.3) is 5.76 Å². The molecule has 1 amide bonds. The van der Waals surface area contributed by atoms with Crippen molar-refractivity contribution in [1.29, 1.82) is 0 Å². The largest absolute Gasteiger partial charge is 0.507 e. The van der Waals surface area contributed by atoms with Crippen LogP contribution in [0.4, 0.5) is 11.5 Å². The van der Waals surface area contributed by atoms with Crippen molar-refractivity contribution in [3.8, 4) is 5.75 Å². The lowest BCUT2D eigenvalue weighted by Gasteiger charge is -2.24. The Hall–Kier alpha value is -4.53. The maximum Gasteiger partial charge on any atom is 0.301 e. The van der Waals surface area contributed by atoms with Gasteiger partial charge in [0, 0.05) is 23.9 Å². The fourth-order valence-corrected chi connectivity index (χ4v) is 3.58.